The molecule has 0 bridgehead atoms. The minimum atomic E-state index is 0.296. The van der Waals surface area contributed by atoms with Crippen LogP contribution in [0.15, 0.2) is 24.3 Å². The number of nitrogens with zero attached hydrogens (tertiary/aromatic N) is 1. The summed E-state index contributed by atoms with van der Waals surface area (Å²) in [6.07, 6.45) is 0. The summed E-state index contributed by atoms with van der Waals surface area (Å²) in [7, 11) is 1.90. The molecule has 2 heterocycles. The monoisotopic (exact) mass is 231 g/mol. The summed E-state index contributed by atoms with van der Waals surface area (Å²) in [6, 6.07) is 7.85. The highest BCUT2D eigenvalue weighted by atomic mass is 16.7. The largest absolute Gasteiger partial charge is 0.454 e. The Morgan fingerprint density at radius 2 is 2.18 bits per heavy atom. The Balaban J connectivity index is 1.92. The first-order valence-corrected chi connectivity index (χ1v) is 5.46. The van der Waals surface area contributed by atoms with Gasteiger partial charge in [0.15, 0.2) is 11.5 Å². The van der Waals surface area contributed by atoms with Crippen molar-refractivity contribution in [3.8, 4) is 22.8 Å². The van der Waals surface area contributed by atoms with Crippen molar-refractivity contribution in [1.82, 2.24) is 15.5 Å². The fourth-order valence-corrected chi connectivity index (χ4v) is 1.85. The SMILES string of the molecule is CNCc1cc(-c2ccc3c(c2)OCO3)n[nH]1. The van der Waals surface area contributed by atoms with Gasteiger partial charge in [-0.25, -0.2) is 0 Å². The van der Waals surface area contributed by atoms with Crippen molar-refractivity contribution in [2.24, 2.45) is 0 Å². The van der Waals surface area contributed by atoms with Crippen LogP contribution in [0.5, 0.6) is 11.5 Å². The highest BCUT2D eigenvalue weighted by Crippen LogP contribution is 2.35. The molecule has 88 valence electrons. The Labute approximate surface area is 98.8 Å². The predicted octanol–water partition coefficient (Wildman–Crippen LogP) is 1.52. The molecular weight excluding hydrogens is 218 g/mol. The Morgan fingerprint density at radius 3 is 3.06 bits per heavy atom. The first-order valence-electron chi connectivity index (χ1n) is 5.46. The molecule has 0 radical (unpaired) electrons. The molecule has 0 unspecified atom stereocenters. The molecule has 1 aliphatic heterocycles. The topological polar surface area (TPSA) is 59.2 Å². The van der Waals surface area contributed by atoms with Gasteiger partial charge in [-0.15, -0.1) is 0 Å². The second-order valence-electron chi connectivity index (χ2n) is 3.88. The summed E-state index contributed by atoms with van der Waals surface area (Å²) in [4.78, 5) is 0. The van der Waals surface area contributed by atoms with E-state index in [1.165, 1.54) is 0 Å². The number of benzene rings is 1. The molecule has 1 aromatic carbocycles. The molecule has 3 rings (SSSR count). The van der Waals surface area contributed by atoms with Gasteiger partial charge in [-0.2, -0.15) is 5.10 Å². The average molecular weight is 231 g/mol. The van der Waals surface area contributed by atoms with Crippen molar-refractivity contribution in [2.45, 2.75) is 6.54 Å². The third-order valence-electron chi connectivity index (χ3n) is 2.67. The van der Waals surface area contributed by atoms with Crippen molar-refractivity contribution in [1.29, 1.82) is 0 Å². The number of aromatic nitrogens is 2. The molecule has 0 atom stereocenters. The molecule has 0 fully saturated rings. The lowest BCUT2D eigenvalue weighted by Gasteiger charge is -1.98. The second kappa shape index (κ2) is 4.10. The maximum Gasteiger partial charge on any atom is 0.231 e. The van der Waals surface area contributed by atoms with E-state index in [-0.39, 0.29) is 0 Å². The highest BCUT2D eigenvalue weighted by Gasteiger charge is 2.14. The van der Waals surface area contributed by atoms with E-state index < -0.39 is 0 Å². The first kappa shape index (κ1) is 10.2. The first-order chi connectivity index (χ1) is 8.36. The highest BCUT2D eigenvalue weighted by molar-refractivity contribution is 5.64. The Bertz CT molecular complexity index is 536. The molecule has 1 aromatic heterocycles. The van der Waals surface area contributed by atoms with Crippen LogP contribution in [0.25, 0.3) is 11.3 Å². The third kappa shape index (κ3) is 1.85. The molecule has 1 aliphatic rings. The van der Waals surface area contributed by atoms with Crippen LogP contribution in [-0.2, 0) is 6.54 Å². The molecule has 17 heavy (non-hydrogen) atoms. The molecule has 2 N–H and O–H groups in total. The molecule has 2 aromatic rings. The van der Waals surface area contributed by atoms with Crippen molar-refractivity contribution >= 4 is 0 Å². The molecule has 0 aliphatic carbocycles. The Kier molecular flexibility index (Phi) is 2.45. The van der Waals surface area contributed by atoms with Crippen molar-refractivity contribution in [2.75, 3.05) is 13.8 Å². The van der Waals surface area contributed by atoms with Gasteiger partial charge in [-0.1, -0.05) is 0 Å². The molecule has 5 nitrogen and oxygen atoms in total. The minimum absolute atomic E-state index is 0.296. The van der Waals surface area contributed by atoms with E-state index in [1.54, 1.807) is 0 Å². The number of rotatable bonds is 3. The van der Waals surface area contributed by atoms with E-state index in [0.717, 1.165) is 35.0 Å². The second-order valence-corrected chi connectivity index (χ2v) is 3.88. The van der Waals surface area contributed by atoms with Crippen LogP contribution in [-0.4, -0.2) is 24.0 Å². The molecule has 0 saturated carbocycles. The third-order valence-corrected chi connectivity index (χ3v) is 2.67. The van der Waals surface area contributed by atoms with Gasteiger partial charge in [0.25, 0.3) is 0 Å². The predicted molar refractivity (Wildman–Crippen MR) is 62.9 cm³/mol. The lowest BCUT2D eigenvalue weighted by Crippen LogP contribution is -2.04. The smallest absolute Gasteiger partial charge is 0.231 e. The number of nitrogens with one attached hydrogen (secondary N) is 2. The van der Waals surface area contributed by atoms with Crippen LogP contribution < -0.4 is 14.8 Å². The van der Waals surface area contributed by atoms with E-state index in [4.69, 9.17) is 9.47 Å². The minimum Gasteiger partial charge on any atom is -0.454 e. The summed E-state index contributed by atoms with van der Waals surface area (Å²) < 4.78 is 10.6. The van der Waals surface area contributed by atoms with Gasteiger partial charge >= 0.3 is 0 Å². The van der Waals surface area contributed by atoms with Gasteiger partial charge in [-0.05, 0) is 31.3 Å². The molecule has 0 amide bonds. The number of aromatic amines is 1. The summed E-state index contributed by atoms with van der Waals surface area (Å²) in [5.41, 5.74) is 2.99. The Morgan fingerprint density at radius 1 is 1.29 bits per heavy atom. The molecule has 5 heteroatoms. The number of hydrogen-bond donors (Lipinski definition) is 2. The Hall–Kier alpha value is -2.01. The number of hydrogen-bond acceptors (Lipinski definition) is 4. The van der Waals surface area contributed by atoms with Gasteiger partial charge in [0.1, 0.15) is 0 Å². The fourth-order valence-electron chi connectivity index (χ4n) is 1.85. The van der Waals surface area contributed by atoms with Crippen molar-refractivity contribution < 1.29 is 9.47 Å². The summed E-state index contributed by atoms with van der Waals surface area (Å²) in [5.74, 6) is 1.57. The zero-order chi connectivity index (χ0) is 11.7. The van der Waals surface area contributed by atoms with Gasteiger partial charge in [0.05, 0.1) is 5.69 Å². The molecular formula is C12H13N3O2. The van der Waals surface area contributed by atoms with E-state index in [1.807, 2.05) is 31.3 Å². The number of ether oxygens (including phenoxy) is 2. The van der Waals surface area contributed by atoms with Gasteiger partial charge in [0, 0.05) is 17.8 Å². The van der Waals surface area contributed by atoms with Crippen molar-refractivity contribution in [3.05, 3.63) is 30.0 Å². The van der Waals surface area contributed by atoms with E-state index in [9.17, 15) is 0 Å². The van der Waals surface area contributed by atoms with E-state index in [0.29, 0.717) is 6.79 Å². The van der Waals surface area contributed by atoms with Crippen LogP contribution in [0.1, 0.15) is 5.69 Å². The zero-order valence-corrected chi connectivity index (χ0v) is 9.49. The van der Waals surface area contributed by atoms with Crippen LogP contribution in [0, 0.1) is 0 Å². The fraction of sp³-hybridized carbons (Fsp3) is 0.250. The van der Waals surface area contributed by atoms with Crippen LogP contribution in [0.4, 0.5) is 0 Å². The van der Waals surface area contributed by atoms with E-state index in [2.05, 4.69) is 15.5 Å². The standard InChI is InChI=1S/C12H13N3O2/c1-13-6-9-5-10(15-14-9)8-2-3-11-12(4-8)17-7-16-11/h2-5,13H,6-7H2,1H3,(H,14,15). The summed E-state index contributed by atoms with van der Waals surface area (Å²) in [6.45, 7) is 1.07. The average Bonchev–Trinajstić information content (AvgIpc) is 2.96. The molecule has 0 saturated heterocycles. The van der Waals surface area contributed by atoms with Crippen LogP contribution in [0.3, 0.4) is 0 Å². The number of fused-ring (bicyclic) bond motifs is 1. The lowest BCUT2D eigenvalue weighted by molar-refractivity contribution is 0.174. The maximum absolute atomic E-state index is 5.34. The lowest BCUT2D eigenvalue weighted by atomic mass is 10.1. The quantitative estimate of drug-likeness (QED) is 0.841. The zero-order valence-electron chi connectivity index (χ0n) is 9.49. The van der Waals surface area contributed by atoms with E-state index >= 15 is 0 Å². The van der Waals surface area contributed by atoms with Gasteiger partial charge in [-0.3, -0.25) is 5.10 Å². The summed E-state index contributed by atoms with van der Waals surface area (Å²) >= 11 is 0. The maximum atomic E-state index is 5.34. The van der Waals surface area contributed by atoms with Crippen LogP contribution >= 0.6 is 0 Å². The van der Waals surface area contributed by atoms with Gasteiger partial charge in [0.2, 0.25) is 6.79 Å². The van der Waals surface area contributed by atoms with Crippen LogP contribution in [0.2, 0.25) is 0 Å². The van der Waals surface area contributed by atoms with Gasteiger partial charge < -0.3 is 14.8 Å². The summed E-state index contributed by atoms with van der Waals surface area (Å²) in [5, 5.41) is 10.3. The normalized spacial score (nSPS) is 13.0. The number of H-pyrrole nitrogens is 1. The van der Waals surface area contributed by atoms with Crippen molar-refractivity contribution in [3.63, 3.8) is 0 Å². The molecule has 0 spiro atoms.